The molecule has 7 heteroatoms. The molecule has 0 saturated carbocycles. The second-order valence-electron chi connectivity index (χ2n) is 5.32. The number of benzene rings is 2. The zero-order valence-electron chi connectivity index (χ0n) is 14.2. The van der Waals surface area contributed by atoms with Crippen molar-refractivity contribution in [2.45, 2.75) is 6.92 Å². The molecule has 2 amide bonds. The van der Waals surface area contributed by atoms with Gasteiger partial charge >= 0.3 is 0 Å². The maximum atomic E-state index is 13.8. The quantitative estimate of drug-likeness (QED) is 0.843. The number of carbonyl (C=O) groups excluding carboxylic acids is 2. The number of nitrogens with one attached hydrogen (secondary N) is 2. The molecule has 0 aliphatic rings. The normalized spacial score (nSPS) is 10.2. The lowest BCUT2D eigenvalue weighted by molar-refractivity contribution is -0.119. The van der Waals surface area contributed by atoms with Gasteiger partial charge < -0.3 is 20.1 Å². The Balaban J connectivity index is 2.25. The number of para-hydroxylation sites is 1. The summed E-state index contributed by atoms with van der Waals surface area (Å²) in [5, 5.41) is 5.18. The predicted octanol–water partition coefficient (Wildman–Crippen LogP) is 2.98. The highest BCUT2D eigenvalue weighted by Crippen LogP contribution is 2.28. The predicted molar refractivity (Wildman–Crippen MR) is 92.6 cm³/mol. The molecule has 0 aromatic heterocycles. The summed E-state index contributed by atoms with van der Waals surface area (Å²) in [4.78, 5) is 24.0. The largest absolute Gasteiger partial charge is 0.495 e. The summed E-state index contributed by atoms with van der Waals surface area (Å²) in [7, 11) is 2.87. The van der Waals surface area contributed by atoms with Gasteiger partial charge in [-0.1, -0.05) is 12.1 Å². The van der Waals surface area contributed by atoms with E-state index in [0.717, 1.165) is 17.7 Å². The minimum absolute atomic E-state index is 0.0676. The average molecular weight is 346 g/mol. The molecule has 2 N–H and O–H groups in total. The van der Waals surface area contributed by atoms with E-state index in [1.165, 1.54) is 20.3 Å². The van der Waals surface area contributed by atoms with Gasteiger partial charge in [-0.2, -0.15) is 0 Å². The molecule has 0 spiro atoms. The van der Waals surface area contributed by atoms with Gasteiger partial charge in [-0.15, -0.1) is 0 Å². The van der Waals surface area contributed by atoms with Crippen LogP contribution in [0.1, 0.15) is 15.9 Å². The fourth-order valence-corrected chi connectivity index (χ4v) is 2.28. The number of hydrogen-bond acceptors (Lipinski definition) is 4. The van der Waals surface area contributed by atoms with E-state index in [4.69, 9.17) is 9.47 Å². The molecule has 0 aliphatic carbocycles. The van der Waals surface area contributed by atoms with Gasteiger partial charge in [0.25, 0.3) is 5.91 Å². The van der Waals surface area contributed by atoms with Crippen molar-refractivity contribution in [3.8, 4) is 5.75 Å². The Morgan fingerprint density at radius 2 is 1.88 bits per heavy atom. The number of anilines is 2. The first-order valence-corrected chi connectivity index (χ1v) is 7.49. The van der Waals surface area contributed by atoms with Gasteiger partial charge in [0.05, 0.1) is 12.8 Å². The Hall–Kier alpha value is -2.93. The van der Waals surface area contributed by atoms with E-state index < -0.39 is 17.6 Å². The zero-order chi connectivity index (χ0) is 18.4. The Bertz CT molecular complexity index is 793. The van der Waals surface area contributed by atoms with Crippen LogP contribution >= 0.6 is 0 Å². The summed E-state index contributed by atoms with van der Waals surface area (Å²) in [6, 6.07) is 8.93. The number of halogens is 1. The summed E-state index contributed by atoms with van der Waals surface area (Å²) in [6.45, 7) is 1.65. The fraction of sp³-hybridized carbons (Fsp3) is 0.222. The minimum Gasteiger partial charge on any atom is -0.495 e. The van der Waals surface area contributed by atoms with Crippen LogP contribution in [0.25, 0.3) is 0 Å². The molecule has 2 aromatic carbocycles. The van der Waals surface area contributed by atoms with Crippen LogP contribution in [0.2, 0.25) is 0 Å². The molecule has 0 heterocycles. The number of carbonyl (C=O) groups is 2. The van der Waals surface area contributed by atoms with Gasteiger partial charge in [-0.05, 0) is 36.8 Å². The molecular weight excluding hydrogens is 327 g/mol. The molecule has 0 unspecified atom stereocenters. The van der Waals surface area contributed by atoms with E-state index in [0.29, 0.717) is 11.4 Å². The fourth-order valence-electron chi connectivity index (χ4n) is 2.28. The second kappa shape index (κ2) is 8.25. The molecule has 2 rings (SSSR count). The summed E-state index contributed by atoms with van der Waals surface area (Å²) in [6.07, 6.45) is 0. The Morgan fingerprint density at radius 1 is 1.12 bits per heavy atom. The third-order valence-electron chi connectivity index (χ3n) is 3.41. The number of ether oxygens (including phenoxy) is 2. The first-order chi connectivity index (χ1) is 11.9. The molecule has 25 heavy (non-hydrogen) atoms. The molecule has 0 atom stereocenters. The first-order valence-electron chi connectivity index (χ1n) is 7.49. The Morgan fingerprint density at radius 3 is 2.56 bits per heavy atom. The van der Waals surface area contributed by atoms with Crippen molar-refractivity contribution < 1.29 is 23.5 Å². The lowest BCUT2D eigenvalue weighted by atomic mass is 10.1. The summed E-state index contributed by atoms with van der Waals surface area (Å²) in [5.74, 6) is -1.11. The third-order valence-corrected chi connectivity index (χ3v) is 3.41. The number of rotatable bonds is 6. The number of aryl methyl sites for hydroxylation is 1. The van der Waals surface area contributed by atoms with E-state index in [-0.39, 0.29) is 17.9 Å². The topological polar surface area (TPSA) is 76.7 Å². The van der Waals surface area contributed by atoms with Crippen LogP contribution in [0, 0.1) is 12.7 Å². The summed E-state index contributed by atoms with van der Waals surface area (Å²) in [5.41, 5.74) is 1.55. The van der Waals surface area contributed by atoms with Crippen molar-refractivity contribution in [1.82, 2.24) is 0 Å². The third kappa shape index (κ3) is 4.77. The van der Waals surface area contributed by atoms with Crippen molar-refractivity contribution in [2.24, 2.45) is 0 Å². The van der Waals surface area contributed by atoms with Gasteiger partial charge in [-0.3, -0.25) is 9.59 Å². The summed E-state index contributed by atoms with van der Waals surface area (Å²) >= 11 is 0. The van der Waals surface area contributed by atoms with E-state index >= 15 is 0 Å². The molecule has 0 fully saturated rings. The molecular formula is C18H19FN2O4. The van der Waals surface area contributed by atoms with Crippen LogP contribution in [-0.4, -0.2) is 32.6 Å². The lowest BCUT2D eigenvalue weighted by Crippen LogP contribution is -2.18. The van der Waals surface area contributed by atoms with Crippen molar-refractivity contribution in [3.63, 3.8) is 0 Å². The Labute approximate surface area is 144 Å². The number of amides is 2. The SMILES string of the molecule is COCC(=O)Nc1cc(F)cc(C(=O)Nc2c(C)cccc2OC)c1. The molecule has 0 aliphatic heterocycles. The maximum Gasteiger partial charge on any atom is 0.255 e. The molecule has 0 saturated heterocycles. The van der Waals surface area contributed by atoms with Gasteiger partial charge in [0.1, 0.15) is 18.2 Å². The van der Waals surface area contributed by atoms with Crippen LogP contribution in [0.4, 0.5) is 15.8 Å². The number of methoxy groups -OCH3 is 2. The van der Waals surface area contributed by atoms with Gasteiger partial charge in [0.15, 0.2) is 0 Å². The standard InChI is InChI=1S/C18H19FN2O4/c1-11-5-4-6-15(25-3)17(11)21-18(23)12-7-13(19)9-14(8-12)20-16(22)10-24-2/h4-9H,10H2,1-3H3,(H,20,22)(H,21,23). The molecule has 0 radical (unpaired) electrons. The molecule has 2 aromatic rings. The van der Waals surface area contributed by atoms with E-state index in [1.807, 2.05) is 13.0 Å². The van der Waals surface area contributed by atoms with Gasteiger partial charge in [0, 0.05) is 18.4 Å². The highest BCUT2D eigenvalue weighted by Gasteiger charge is 2.14. The average Bonchev–Trinajstić information content (AvgIpc) is 2.56. The zero-order valence-corrected chi connectivity index (χ0v) is 14.2. The van der Waals surface area contributed by atoms with Crippen LogP contribution in [0.15, 0.2) is 36.4 Å². The van der Waals surface area contributed by atoms with Crippen LogP contribution in [-0.2, 0) is 9.53 Å². The van der Waals surface area contributed by atoms with E-state index in [2.05, 4.69) is 10.6 Å². The molecule has 0 bridgehead atoms. The highest BCUT2D eigenvalue weighted by molar-refractivity contribution is 6.06. The monoisotopic (exact) mass is 346 g/mol. The lowest BCUT2D eigenvalue weighted by Gasteiger charge is -2.13. The number of hydrogen-bond donors (Lipinski definition) is 2. The van der Waals surface area contributed by atoms with Crippen LogP contribution in [0.3, 0.4) is 0 Å². The van der Waals surface area contributed by atoms with E-state index in [9.17, 15) is 14.0 Å². The van der Waals surface area contributed by atoms with Gasteiger partial charge in [0.2, 0.25) is 5.91 Å². The van der Waals surface area contributed by atoms with Crippen molar-refractivity contribution in [2.75, 3.05) is 31.5 Å². The Kier molecular flexibility index (Phi) is 6.08. The highest BCUT2D eigenvalue weighted by atomic mass is 19.1. The first kappa shape index (κ1) is 18.4. The molecule has 132 valence electrons. The minimum atomic E-state index is -0.642. The molecule has 6 nitrogen and oxygen atoms in total. The second-order valence-corrected chi connectivity index (χ2v) is 5.32. The summed E-state index contributed by atoms with van der Waals surface area (Å²) < 4.78 is 23.7. The van der Waals surface area contributed by atoms with Crippen LogP contribution in [0.5, 0.6) is 5.75 Å². The van der Waals surface area contributed by atoms with Crippen molar-refractivity contribution in [1.29, 1.82) is 0 Å². The van der Waals surface area contributed by atoms with Crippen molar-refractivity contribution in [3.05, 3.63) is 53.3 Å². The maximum absolute atomic E-state index is 13.8. The van der Waals surface area contributed by atoms with E-state index in [1.54, 1.807) is 12.1 Å². The van der Waals surface area contributed by atoms with Gasteiger partial charge in [-0.25, -0.2) is 4.39 Å². The van der Waals surface area contributed by atoms with Crippen molar-refractivity contribution >= 4 is 23.2 Å². The van der Waals surface area contributed by atoms with Crippen LogP contribution < -0.4 is 15.4 Å². The smallest absolute Gasteiger partial charge is 0.255 e.